The lowest BCUT2D eigenvalue weighted by molar-refractivity contribution is 0.301. The Morgan fingerprint density at radius 1 is 0.967 bits per heavy atom. The highest BCUT2D eigenvalue weighted by Gasteiger charge is 2.12. The summed E-state index contributed by atoms with van der Waals surface area (Å²) in [6, 6.07) is 25.2. The molecule has 3 aromatic carbocycles. The number of hydrogen-bond acceptors (Lipinski definition) is 2. The van der Waals surface area contributed by atoms with Crippen LogP contribution in [0.1, 0.15) is 24.0 Å². The molecule has 0 unspecified atom stereocenters. The molecule has 152 valence electrons. The van der Waals surface area contributed by atoms with Crippen molar-refractivity contribution < 1.29 is 4.74 Å². The minimum Gasteiger partial charge on any atom is -0.493 e. The number of aryl methyl sites for hydroxylation is 2. The highest BCUT2D eigenvalue weighted by atomic mass is 16.5. The molecule has 3 nitrogen and oxygen atoms in total. The molecule has 0 atom stereocenters. The molecular weight excluding hydrogens is 368 g/mol. The van der Waals surface area contributed by atoms with E-state index in [0.29, 0.717) is 6.61 Å². The monoisotopic (exact) mass is 396 g/mol. The molecule has 30 heavy (non-hydrogen) atoms. The standard InChI is InChI=1S/C27H28N2O/c1-3-11-22-13-4-7-17-26(22)30-19-9-8-18-29-25-16-6-5-15-24(25)28-27(29)23-14-10-12-21(2)20-23/h3-7,10,12-17,20H,1,8-9,11,18-19H2,2H3. The van der Waals surface area contributed by atoms with Gasteiger partial charge < -0.3 is 9.30 Å². The number of fused-ring (bicyclic) bond motifs is 1. The van der Waals surface area contributed by atoms with Crippen molar-refractivity contribution in [1.29, 1.82) is 0 Å². The van der Waals surface area contributed by atoms with Gasteiger partial charge in [0.2, 0.25) is 0 Å². The fourth-order valence-corrected chi connectivity index (χ4v) is 3.83. The van der Waals surface area contributed by atoms with Crippen molar-refractivity contribution in [3.8, 4) is 17.1 Å². The van der Waals surface area contributed by atoms with E-state index in [1.54, 1.807) is 0 Å². The summed E-state index contributed by atoms with van der Waals surface area (Å²) < 4.78 is 8.40. The molecular formula is C27H28N2O. The van der Waals surface area contributed by atoms with Crippen LogP contribution >= 0.6 is 0 Å². The van der Waals surface area contributed by atoms with Crippen LogP contribution in [-0.4, -0.2) is 16.2 Å². The topological polar surface area (TPSA) is 27.1 Å². The van der Waals surface area contributed by atoms with E-state index in [1.807, 2.05) is 30.3 Å². The molecule has 1 aromatic heterocycles. The lowest BCUT2D eigenvalue weighted by Crippen LogP contribution is -2.05. The number of nitrogens with zero attached hydrogens (tertiary/aromatic N) is 2. The number of hydrogen-bond donors (Lipinski definition) is 0. The van der Waals surface area contributed by atoms with E-state index >= 15 is 0 Å². The number of ether oxygens (including phenoxy) is 1. The smallest absolute Gasteiger partial charge is 0.141 e. The molecule has 0 aliphatic heterocycles. The Kier molecular flexibility index (Phi) is 6.29. The minimum atomic E-state index is 0.709. The summed E-state index contributed by atoms with van der Waals surface area (Å²) in [5.74, 6) is 2.00. The summed E-state index contributed by atoms with van der Waals surface area (Å²) in [7, 11) is 0. The van der Waals surface area contributed by atoms with Crippen LogP contribution in [0.3, 0.4) is 0 Å². The fraction of sp³-hybridized carbons (Fsp3) is 0.222. The molecule has 0 bridgehead atoms. The van der Waals surface area contributed by atoms with Gasteiger partial charge in [0.25, 0.3) is 0 Å². The van der Waals surface area contributed by atoms with Gasteiger partial charge in [0.15, 0.2) is 0 Å². The van der Waals surface area contributed by atoms with Crippen molar-refractivity contribution in [3.05, 3.63) is 96.6 Å². The quantitative estimate of drug-likeness (QED) is 0.235. The highest BCUT2D eigenvalue weighted by molar-refractivity contribution is 5.80. The summed E-state index contributed by atoms with van der Waals surface area (Å²) in [5.41, 5.74) is 5.84. The third kappa shape index (κ3) is 4.46. The zero-order valence-electron chi connectivity index (χ0n) is 17.6. The van der Waals surface area contributed by atoms with E-state index in [1.165, 1.54) is 22.2 Å². The lowest BCUT2D eigenvalue weighted by atomic mass is 10.1. The van der Waals surface area contributed by atoms with Crippen LogP contribution < -0.4 is 4.74 Å². The Bertz CT molecular complexity index is 1140. The number of aromatic nitrogens is 2. The van der Waals surface area contributed by atoms with Crippen LogP contribution in [0.2, 0.25) is 0 Å². The van der Waals surface area contributed by atoms with Gasteiger partial charge in [0, 0.05) is 12.1 Å². The molecule has 0 saturated heterocycles. The Morgan fingerprint density at radius 2 is 1.80 bits per heavy atom. The van der Waals surface area contributed by atoms with E-state index in [-0.39, 0.29) is 0 Å². The number of imidazole rings is 1. The van der Waals surface area contributed by atoms with Crippen LogP contribution in [0.15, 0.2) is 85.5 Å². The molecule has 0 aliphatic carbocycles. The van der Waals surface area contributed by atoms with E-state index < -0.39 is 0 Å². The first-order chi connectivity index (χ1) is 14.8. The highest BCUT2D eigenvalue weighted by Crippen LogP contribution is 2.26. The van der Waals surface area contributed by atoms with Gasteiger partial charge in [0.05, 0.1) is 17.6 Å². The Morgan fingerprint density at radius 3 is 2.67 bits per heavy atom. The minimum absolute atomic E-state index is 0.709. The van der Waals surface area contributed by atoms with Gasteiger partial charge in [-0.25, -0.2) is 4.98 Å². The van der Waals surface area contributed by atoms with Gasteiger partial charge in [-0.1, -0.05) is 60.2 Å². The maximum Gasteiger partial charge on any atom is 0.141 e. The molecule has 0 fully saturated rings. The molecule has 4 rings (SSSR count). The van der Waals surface area contributed by atoms with Crippen LogP contribution in [0.5, 0.6) is 5.75 Å². The number of rotatable bonds is 9. The van der Waals surface area contributed by atoms with Gasteiger partial charge >= 0.3 is 0 Å². The second kappa shape index (κ2) is 9.45. The maximum absolute atomic E-state index is 6.05. The molecule has 0 amide bonds. The van der Waals surface area contributed by atoms with Crippen LogP contribution in [0.4, 0.5) is 0 Å². The first-order valence-corrected chi connectivity index (χ1v) is 10.6. The van der Waals surface area contributed by atoms with Crippen LogP contribution in [-0.2, 0) is 13.0 Å². The van der Waals surface area contributed by atoms with Crippen molar-refractivity contribution in [2.75, 3.05) is 6.61 Å². The molecule has 0 aliphatic rings. The van der Waals surface area contributed by atoms with Gasteiger partial charge in [-0.15, -0.1) is 6.58 Å². The second-order valence-corrected chi connectivity index (χ2v) is 7.60. The van der Waals surface area contributed by atoms with Crippen LogP contribution in [0, 0.1) is 6.92 Å². The van der Waals surface area contributed by atoms with Crippen LogP contribution in [0.25, 0.3) is 22.4 Å². The van der Waals surface area contributed by atoms with Gasteiger partial charge in [-0.2, -0.15) is 0 Å². The summed E-state index contributed by atoms with van der Waals surface area (Å²) in [4.78, 5) is 4.92. The van der Waals surface area contributed by atoms with Crippen molar-refractivity contribution >= 4 is 11.0 Å². The number of para-hydroxylation sites is 3. The van der Waals surface area contributed by atoms with E-state index in [4.69, 9.17) is 9.72 Å². The fourth-order valence-electron chi connectivity index (χ4n) is 3.83. The zero-order chi connectivity index (χ0) is 20.8. The predicted octanol–water partition coefficient (Wildman–Crippen LogP) is 6.60. The van der Waals surface area contributed by atoms with Gasteiger partial charge in [-0.05, 0) is 56.0 Å². The van der Waals surface area contributed by atoms with Gasteiger partial charge in [0.1, 0.15) is 11.6 Å². The summed E-state index contributed by atoms with van der Waals surface area (Å²) in [6.07, 6.45) is 4.77. The molecule has 0 saturated carbocycles. The zero-order valence-corrected chi connectivity index (χ0v) is 17.6. The molecule has 0 spiro atoms. The average Bonchev–Trinajstić information content (AvgIpc) is 3.13. The molecule has 1 heterocycles. The third-order valence-corrected chi connectivity index (χ3v) is 5.30. The number of allylic oxidation sites excluding steroid dienone is 1. The van der Waals surface area contributed by atoms with E-state index in [2.05, 4.69) is 66.6 Å². The van der Waals surface area contributed by atoms with E-state index in [9.17, 15) is 0 Å². The normalized spacial score (nSPS) is 11.0. The van der Waals surface area contributed by atoms with Gasteiger partial charge in [-0.3, -0.25) is 0 Å². The van der Waals surface area contributed by atoms with Crippen molar-refractivity contribution in [1.82, 2.24) is 9.55 Å². The Balaban J connectivity index is 1.45. The van der Waals surface area contributed by atoms with E-state index in [0.717, 1.165) is 42.9 Å². The average molecular weight is 397 g/mol. The Labute approximate surface area is 178 Å². The first kappa shape index (κ1) is 20.0. The third-order valence-electron chi connectivity index (χ3n) is 5.30. The predicted molar refractivity (Wildman–Crippen MR) is 125 cm³/mol. The Hall–Kier alpha value is -3.33. The molecule has 0 radical (unpaired) electrons. The summed E-state index contributed by atoms with van der Waals surface area (Å²) in [5, 5.41) is 0. The largest absolute Gasteiger partial charge is 0.493 e. The maximum atomic E-state index is 6.05. The first-order valence-electron chi connectivity index (χ1n) is 10.6. The van der Waals surface area contributed by atoms with Crippen molar-refractivity contribution in [2.24, 2.45) is 0 Å². The van der Waals surface area contributed by atoms with Crippen molar-refractivity contribution in [3.63, 3.8) is 0 Å². The lowest BCUT2D eigenvalue weighted by Gasteiger charge is -2.12. The summed E-state index contributed by atoms with van der Waals surface area (Å²) in [6.45, 7) is 7.58. The number of unbranched alkanes of at least 4 members (excludes halogenated alkanes) is 1. The molecule has 0 N–H and O–H groups in total. The SMILES string of the molecule is C=CCc1ccccc1OCCCCn1c(-c2cccc(C)c2)nc2ccccc21. The summed E-state index contributed by atoms with van der Waals surface area (Å²) >= 11 is 0. The van der Waals surface area contributed by atoms with Crippen molar-refractivity contribution in [2.45, 2.75) is 32.7 Å². The second-order valence-electron chi connectivity index (χ2n) is 7.60. The molecule has 4 aromatic rings. The number of benzene rings is 3. The molecule has 3 heteroatoms.